The number of urea groups is 1. The van der Waals surface area contributed by atoms with E-state index in [0.717, 1.165) is 31.5 Å². The fourth-order valence-electron chi connectivity index (χ4n) is 3.13. The van der Waals surface area contributed by atoms with Gasteiger partial charge in [0.15, 0.2) is 0 Å². The van der Waals surface area contributed by atoms with Crippen LogP contribution in [-0.4, -0.2) is 15.8 Å². The van der Waals surface area contributed by atoms with Gasteiger partial charge in [0.2, 0.25) is 0 Å². The van der Waals surface area contributed by atoms with Crippen LogP contribution in [0.3, 0.4) is 0 Å². The molecule has 2 N–H and O–H groups in total. The Morgan fingerprint density at radius 1 is 1.39 bits per heavy atom. The molecule has 2 aromatic rings. The third-order valence-corrected chi connectivity index (χ3v) is 4.12. The van der Waals surface area contributed by atoms with Crippen molar-refractivity contribution in [3.05, 3.63) is 47.8 Å². The normalized spacial score (nSPS) is 16.9. The average Bonchev–Trinajstić information content (AvgIpc) is 2.93. The molecule has 0 bridgehead atoms. The molecule has 0 saturated heterocycles. The highest BCUT2D eigenvalue weighted by molar-refractivity contribution is 5.89. The van der Waals surface area contributed by atoms with E-state index in [4.69, 9.17) is 0 Å². The summed E-state index contributed by atoms with van der Waals surface area (Å²) in [6.45, 7) is 5.13. The fourth-order valence-corrected chi connectivity index (χ4v) is 3.13. The summed E-state index contributed by atoms with van der Waals surface area (Å²) >= 11 is 0. The van der Waals surface area contributed by atoms with Crippen molar-refractivity contribution in [2.75, 3.05) is 5.32 Å². The maximum Gasteiger partial charge on any atom is 0.319 e. The summed E-state index contributed by atoms with van der Waals surface area (Å²) in [6.07, 6.45) is 6.74. The van der Waals surface area contributed by atoms with E-state index in [1.165, 1.54) is 11.1 Å². The van der Waals surface area contributed by atoms with Gasteiger partial charge < -0.3 is 10.6 Å². The third-order valence-electron chi connectivity index (χ3n) is 4.12. The maximum absolute atomic E-state index is 12.3. The average molecular weight is 312 g/mol. The molecule has 3 rings (SSSR count). The molecular weight excluding hydrogens is 288 g/mol. The third kappa shape index (κ3) is 3.92. The zero-order chi connectivity index (χ0) is 16.2. The number of fused-ring (bicyclic) bond motifs is 1. The molecule has 0 radical (unpaired) electrons. The molecule has 0 saturated carbocycles. The van der Waals surface area contributed by atoms with Crippen molar-refractivity contribution < 1.29 is 4.79 Å². The Labute approximate surface area is 137 Å². The van der Waals surface area contributed by atoms with Gasteiger partial charge in [0.1, 0.15) is 0 Å². The maximum atomic E-state index is 12.3. The number of rotatable bonds is 4. The number of aryl methyl sites for hydroxylation is 1. The van der Waals surface area contributed by atoms with Crippen LogP contribution in [0.5, 0.6) is 0 Å². The second-order valence-electron chi connectivity index (χ2n) is 6.59. The molecule has 1 unspecified atom stereocenters. The Balaban J connectivity index is 1.61. The highest BCUT2D eigenvalue weighted by Crippen LogP contribution is 2.29. The molecule has 1 aromatic carbocycles. The molecule has 1 atom stereocenters. The van der Waals surface area contributed by atoms with E-state index in [1.807, 2.05) is 16.9 Å². The molecule has 1 aliphatic rings. The van der Waals surface area contributed by atoms with Gasteiger partial charge in [-0.05, 0) is 36.3 Å². The van der Waals surface area contributed by atoms with E-state index >= 15 is 0 Å². The minimum Gasteiger partial charge on any atom is -0.331 e. The van der Waals surface area contributed by atoms with Gasteiger partial charge in [-0.15, -0.1) is 0 Å². The van der Waals surface area contributed by atoms with Crippen LogP contribution in [0.1, 0.15) is 43.9 Å². The van der Waals surface area contributed by atoms with Crippen molar-refractivity contribution in [1.82, 2.24) is 15.1 Å². The Bertz CT molecular complexity index is 677. The zero-order valence-corrected chi connectivity index (χ0v) is 13.7. The number of nitrogens with one attached hydrogen (secondary N) is 2. The van der Waals surface area contributed by atoms with Crippen LogP contribution in [-0.2, 0) is 13.0 Å². The fraction of sp³-hybridized carbons (Fsp3) is 0.444. The van der Waals surface area contributed by atoms with Crippen LogP contribution in [0.25, 0.3) is 0 Å². The summed E-state index contributed by atoms with van der Waals surface area (Å²) in [4.78, 5) is 12.3. The first-order valence-corrected chi connectivity index (χ1v) is 8.29. The van der Waals surface area contributed by atoms with E-state index in [1.54, 1.807) is 6.20 Å². The summed E-state index contributed by atoms with van der Waals surface area (Å²) < 4.78 is 1.86. The van der Waals surface area contributed by atoms with Gasteiger partial charge in [-0.25, -0.2) is 4.79 Å². The molecule has 0 aliphatic heterocycles. The lowest BCUT2D eigenvalue weighted by molar-refractivity contribution is 0.247. The quantitative estimate of drug-likeness (QED) is 0.903. The van der Waals surface area contributed by atoms with Crippen LogP contribution in [0.2, 0.25) is 0 Å². The number of carbonyl (C=O) groups excluding carboxylic acids is 1. The summed E-state index contributed by atoms with van der Waals surface area (Å²) in [5, 5.41) is 10.2. The molecule has 23 heavy (non-hydrogen) atoms. The Kier molecular flexibility index (Phi) is 4.65. The number of anilines is 1. The lowest BCUT2D eigenvalue weighted by atomic mass is 9.88. The summed E-state index contributed by atoms with van der Waals surface area (Å²) in [7, 11) is 0. The molecule has 1 aliphatic carbocycles. The van der Waals surface area contributed by atoms with Crippen molar-refractivity contribution in [3.63, 3.8) is 0 Å². The van der Waals surface area contributed by atoms with Crippen LogP contribution < -0.4 is 10.6 Å². The van der Waals surface area contributed by atoms with E-state index in [9.17, 15) is 4.79 Å². The lowest BCUT2D eigenvalue weighted by Crippen LogP contribution is -2.34. The van der Waals surface area contributed by atoms with Crippen LogP contribution >= 0.6 is 0 Å². The highest BCUT2D eigenvalue weighted by atomic mass is 16.2. The van der Waals surface area contributed by atoms with Crippen molar-refractivity contribution in [2.24, 2.45) is 5.92 Å². The summed E-state index contributed by atoms with van der Waals surface area (Å²) in [5.41, 5.74) is 3.31. The molecular formula is C18H24N4O. The Morgan fingerprint density at radius 3 is 3.04 bits per heavy atom. The smallest absolute Gasteiger partial charge is 0.319 e. The summed E-state index contributed by atoms with van der Waals surface area (Å²) in [6, 6.07) is 8.27. The second-order valence-corrected chi connectivity index (χ2v) is 6.59. The molecule has 0 fully saturated rings. The van der Waals surface area contributed by atoms with Gasteiger partial charge in [-0.2, -0.15) is 5.10 Å². The molecule has 5 nitrogen and oxygen atoms in total. The Hall–Kier alpha value is -2.30. The van der Waals surface area contributed by atoms with Gasteiger partial charge in [-0.1, -0.05) is 38.1 Å². The van der Waals surface area contributed by atoms with Crippen LogP contribution in [0.4, 0.5) is 10.5 Å². The number of aromatic nitrogens is 2. The van der Waals surface area contributed by atoms with E-state index in [0.29, 0.717) is 5.92 Å². The zero-order valence-electron chi connectivity index (χ0n) is 13.7. The predicted molar refractivity (Wildman–Crippen MR) is 91.3 cm³/mol. The van der Waals surface area contributed by atoms with Gasteiger partial charge in [-0.3, -0.25) is 4.68 Å². The van der Waals surface area contributed by atoms with Crippen molar-refractivity contribution in [3.8, 4) is 0 Å². The van der Waals surface area contributed by atoms with Gasteiger partial charge in [0.05, 0.1) is 17.9 Å². The van der Waals surface area contributed by atoms with Crippen LogP contribution in [0, 0.1) is 5.92 Å². The standard InChI is InChI=1S/C18H24N4O/c1-13(2)11-22-12-15(10-19-22)20-18(23)21-17-9-5-7-14-6-3-4-8-16(14)17/h3-4,6,8,10,12-13,17H,5,7,9,11H2,1-2H3,(H2,20,21,23). The largest absolute Gasteiger partial charge is 0.331 e. The molecule has 2 amide bonds. The number of hydrogen-bond acceptors (Lipinski definition) is 2. The number of benzene rings is 1. The van der Waals surface area contributed by atoms with E-state index in [-0.39, 0.29) is 12.1 Å². The lowest BCUT2D eigenvalue weighted by Gasteiger charge is -2.26. The topological polar surface area (TPSA) is 59.0 Å². The first-order valence-electron chi connectivity index (χ1n) is 8.29. The van der Waals surface area contributed by atoms with Crippen molar-refractivity contribution in [1.29, 1.82) is 0 Å². The predicted octanol–water partition coefficient (Wildman–Crippen LogP) is 3.74. The van der Waals surface area contributed by atoms with E-state index in [2.05, 4.69) is 47.8 Å². The SMILES string of the molecule is CC(C)Cn1cc(NC(=O)NC2CCCc3ccccc32)cn1. The first-order chi connectivity index (χ1) is 11.1. The van der Waals surface area contributed by atoms with Gasteiger partial charge in [0.25, 0.3) is 0 Å². The molecule has 5 heteroatoms. The minimum atomic E-state index is -0.171. The number of nitrogens with zero attached hydrogens (tertiary/aromatic N) is 2. The molecule has 1 aromatic heterocycles. The highest BCUT2D eigenvalue weighted by Gasteiger charge is 2.21. The second kappa shape index (κ2) is 6.86. The monoisotopic (exact) mass is 312 g/mol. The van der Waals surface area contributed by atoms with E-state index < -0.39 is 0 Å². The van der Waals surface area contributed by atoms with Crippen molar-refractivity contribution in [2.45, 2.75) is 45.7 Å². The summed E-state index contributed by atoms with van der Waals surface area (Å²) in [5.74, 6) is 0.523. The Morgan fingerprint density at radius 2 is 2.22 bits per heavy atom. The molecule has 1 heterocycles. The molecule has 0 spiro atoms. The minimum absolute atomic E-state index is 0.0886. The molecule has 122 valence electrons. The number of hydrogen-bond donors (Lipinski definition) is 2. The van der Waals surface area contributed by atoms with Gasteiger partial charge in [0, 0.05) is 12.7 Å². The van der Waals surface area contributed by atoms with Crippen molar-refractivity contribution >= 4 is 11.7 Å². The number of amides is 2. The number of carbonyl (C=O) groups is 1. The van der Waals surface area contributed by atoms with Crippen LogP contribution in [0.15, 0.2) is 36.7 Å². The van der Waals surface area contributed by atoms with Gasteiger partial charge >= 0.3 is 6.03 Å². The first kappa shape index (κ1) is 15.6.